The van der Waals surface area contributed by atoms with Crippen molar-refractivity contribution in [2.45, 2.75) is 0 Å². The molecule has 0 aliphatic heterocycles. The van der Waals surface area contributed by atoms with Crippen molar-refractivity contribution in [1.29, 1.82) is 0 Å². The van der Waals surface area contributed by atoms with Gasteiger partial charge >= 0.3 is 17.4 Å². The molecule has 2 N–H and O–H groups in total. The molecular formula is H10O4P4+2. The summed E-state index contributed by atoms with van der Waals surface area (Å²) in [5.41, 5.74) is 0. The van der Waals surface area contributed by atoms with Gasteiger partial charge in [0, 0.05) is 0 Å². The van der Waals surface area contributed by atoms with Gasteiger partial charge in [-0.3, -0.25) is 0 Å². The molecule has 4 nitrogen and oxygen atoms in total. The van der Waals surface area contributed by atoms with Crippen molar-refractivity contribution in [2.75, 3.05) is 0 Å². The standard InChI is InChI=1S/2HO2P.2H3P/c2*1-3-2;;/h2*(H,1,2);2*1H3/p+2. The maximum atomic E-state index is 8.46. The predicted molar refractivity (Wildman–Crippen MR) is 44.7 cm³/mol. The molecule has 2 unspecified atom stereocenters. The number of hydrogen-bond donors (Lipinski definition) is 2. The minimum atomic E-state index is -0.833. The Morgan fingerprint density at radius 1 is 0.875 bits per heavy atom. The van der Waals surface area contributed by atoms with Crippen molar-refractivity contribution in [3.63, 3.8) is 0 Å². The first kappa shape index (κ1) is 23.1. The smallest absolute Gasteiger partial charge is 0.310 e. The molecule has 0 bridgehead atoms. The second-order valence-corrected chi connectivity index (χ2v) is 0.490. The molecule has 0 aromatic rings. The van der Waals surface area contributed by atoms with Crippen LogP contribution in [0.3, 0.4) is 0 Å². The summed E-state index contributed by atoms with van der Waals surface area (Å²) in [6.45, 7) is 0. The van der Waals surface area contributed by atoms with Crippen LogP contribution in [-0.4, -0.2) is 9.79 Å². The Morgan fingerprint density at radius 2 is 0.875 bits per heavy atom. The summed E-state index contributed by atoms with van der Waals surface area (Å²) < 4.78 is 16.9. The maximum absolute atomic E-state index is 8.46. The molecule has 0 aromatic heterocycles. The third-order valence-electron chi connectivity index (χ3n) is 0. The van der Waals surface area contributed by atoms with Crippen molar-refractivity contribution in [3.8, 4) is 0 Å². The average Bonchev–Trinajstić information content (AvgIpc) is 1.39. The Morgan fingerprint density at radius 3 is 0.875 bits per heavy atom. The zero-order chi connectivity index (χ0) is 5.41. The van der Waals surface area contributed by atoms with Crippen LogP contribution in [0.1, 0.15) is 0 Å². The lowest BCUT2D eigenvalue weighted by Gasteiger charge is -1.24. The Hall–Kier alpha value is 0.980. The molecule has 0 radical (unpaired) electrons. The van der Waals surface area contributed by atoms with Crippen molar-refractivity contribution in [3.05, 3.63) is 0 Å². The zero-order valence-electron chi connectivity index (χ0n) is 4.61. The van der Waals surface area contributed by atoms with Crippen molar-refractivity contribution in [2.24, 2.45) is 0 Å². The van der Waals surface area contributed by atoms with Crippen LogP contribution in [0.25, 0.3) is 0 Å². The molecule has 0 aliphatic rings. The summed E-state index contributed by atoms with van der Waals surface area (Å²) in [6.07, 6.45) is 0. The van der Waals surface area contributed by atoms with E-state index < -0.39 is 17.4 Å². The molecule has 0 rings (SSSR count). The second kappa shape index (κ2) is 43.8. The van der Waals surface area contributed by atoms with Gasteiger partial charge in [-0.1, -0.05) is 0 Å². The summed E-state index contributed by atoms with van der Waals surface area (Å²) in [7, 11) is -1.67. The Balaban J connectivity index is -0.0000000160. The highest BCUT2D eigenvalue weighted by molar-refractivity contribution is 7.16. The predicted octanol–water partition coefficient (Wildman–Crippen LogP) is -0.0484. The Labute approximate surface area is 56.9 Å². The van der Waals surface area contributed by atoms with Gasteiger partial charge in [-0.2, -0.15) is 0 Å². The fourth-order valence-electron chi connectivity index (χ4n) is 0. The summed E-state index contributed by atoms with van der Waals surface area (Å²) in [6, 6.07) is 0. The molecule has 0 saturated heterocycles. The Kier molecular flexibility index (Phi) is 126. The van der Waals surface area contributed by atoms with Gasteiger partial charge in [-0.25, -0.2) is 9.13 Å². The van der Waals surface area contributed by atoms with Crippen LogP contribution in [0, 0.1) is 0 Å². The lowest BCUT2D eigenvalue weighted by molar-refractivity contribution is 0.523. The van der Waals surface area contributed by atoms with Crippen molar-refractivity contribution in [1.82, 2.24) is 0 Å². The SMILES string of the molecule is O=PO.O=PO.[PH4+].[PH4+]. The van der Waals surface area contributed by atoms with E-state index in [4.69, 9.17) is 18.9 Å². The maximum Gasteiger partial charge on any atom is 0.324 e. The Bertz CT molecular complexity index is 29.0. The first-order chi connectivity index (χ1) is 2.83. The van der Waals surface area contributed by atoms with E-state index in [-0.39, 0.29) is 19.8 Å². The summed E-state index contributed by atoms with van der Waals surface area (Å²) in [5, 5.41) is 0. The highest BCUT2D eigenvalue weighted by Crippen LogP contribution is 1.66. The van der Waals surface area contributed by atoms with Crippen LogP contribution in [0.15, 0.2) is 0 Å². The summed E-state index contributed by atoms with van der Waals surface area (Å²) in [5.74, 6) is 0. The van der Waals surface area contributed by atoms with Crippen molar-refractivity contribution >= 4 is 37.2 Å². The molecule has 8 heavy (non-hydrogen) atoms. The van der Waals surface area contributed by atoms with Gasteiger partial charge in [0.15, 0.2) is 0 Å². The van der Waals surface area contributed by atoms with Gasteiger partial charge in [0.1, 0.15) is 0 Å². The van der Waals surface area contributed by atoms with Gasteiger partial charge in [0.25, 0.3) is 0 Å². The molecular weight excluding hydrogens is 188 g/mol. The molecule has 0 spiro atoms. The minimum Gasteiger partial charge on any atom is -0.310 e. The van der Waals surface area contributed by atoms with E-state index in [0.717, 1.165) is 0 Å². The number of rotatable bonds is 0. The lowest BCUT2D eigenvalue weighted by Crippen LogP contribution is -1.03. The van der Waals surface area contributed by atoms with E-state index in [1.165, 1.54) is 0 Å². The van der Waals surface area contributed by atoms with Crippen LogP contribution in [0.5, 0.6) is 0 Å². The van der Waals surface area contributed by atoms with Crippen LogP contribution in [0.4, 0.5) is 0 Å². The fourth-order valence-corrected chi connectivity index (χ4v) is 0. The zero-order valence-corrected chi connectivity index (χ0v) is 10.4. The molecule has 0 heterocycles. The molecule has 0 aromatic carbocycles. The molecule has 0 aliphatic carbocycles. The highest BCUT2D eigenvalue weighted by atomic mass is 31.1. The molecule has 0 fully saturated rings. The molecule has 2 atom stereocenters. The van der Waals surface area contributed by atoms with Crippen LogP contribution >= 0.6 is 37.2 Å². The number of hydrogen-bond acceptors (Lipinski definition) is 2. The summed E-state index contributed by atoms with van der Waals surface area (Å²) in [4.78, 5) is 14.0. The molecule has 8 heteroatoms. The molecule has 0 amide bonds. The molecule has 0 saturated carbocycles. The summed E-state index contributed by atoms with van der Waals surface area (Å²) >= 11 is 0. The van der Waals surface area contributed by atoms with E-state index in [1.54, 1.807) is 0 Å². The van der Waals surface area contributed by atoms with E-state index in [9.17, 15) is 0 Å². The average molecular weight is 198 g/mol. The molecule has 52 valence electrons. The third-order valence-corrected chi connectivity index (χ3v) is 0. The normalized spacial score (nSPS) is 5.25. The lowest BCUT2D eigenvalue weighted by atomic mass is 15.9. The highest BCUT2D eigenvalue weighted by Gasteiger charge is 1.28. The van der Waals surface area contributed by atoms with E-state index >= 15 is 0 Å². The van der Waals surface area contributed by atoms with E-state index in [1.807, 2.05) is 0 Å². The topological polar surface area (TPSA) is 74.6 Å². The van der Waals surface area contributed by atoms with Gasteiger partial charge in [0.2, 0.25) is 0 Å². The third kappa shape index (κ3) is 260. The van der Waals surface area contributed by atoms with E-state index in [2.05, 4.69) is 0 Å². The van der Waals surface area contributed by atoms with Crippen molar-refractivity contribution < 1.29 is 18.9 Å². The van der Waals surface area contributed by atoms with Gasteiger partial charge in [0.05, 0.1) is 0 Å². The van der Waals surface area contributed by atoms with Gasteiger partial charge < -0.3 is 9.79 Å². The van der Waals surface area contributed by atoms with Crippen LogP contribution < -0.4 is 0 Å². The van der Waals surface area contributed by atoms with Crippen LogP contribution in [-0.2, 0) is 9.13 Å². The largest absolute Gasteiger partial charge is 0.324 e. The fraction of sp³-hybridized carbons (Fsp3) is 0. The van der Waals surface area contributed by atoms with Crippen LogP contribution in [0.2, 0.25) is 0 Å². The first-order valence-corrected chi connectivity index (χ1v) is 2.30. The second-order valence-electron chi connectivity index (χ2n) is 0.163. The van der Waals surface area contributed by atoms with Gasteiger partial charge in [-0.15, -0.1) is 0 Å². The van der Waals surface area contributed by atoms with Gasteiger partial charge in [-0.05, 0) is 19.8 Å². The minimum absolute atomic E-state index is 0. The first-order valence-electron chi connectivity index (χ1n) is 0.765. The quantitative estimate of drug-likeness (QED) is 0.535. The monoisotopic (exact) mass is 198 g/mol. The van der Waals surface area contributed by atoms with E-state index in [0.29, 0.717) is 0 Å².